The van der Waals surface area contributed by atoms with Crippen molar-refractivity contribution in [2.45, 2.75) is 70.1 Å². The molecule has 0 spiro atoms. The predicted octanol–water partition coefficient (Wildman–Crippen LogP) is 9.95. The minimum absolute atomic E-state index is 0.0918. The quantitative estimate of drug-likeness (QED) is 0.0764. The van der Waals surface area contributed by atoms with Gasteiger partial charge in [0.05, 0.1) is 24.0 Å². The van der Waals surface area contributed by atoms with Crippen molar-refractivity contribution < 1.29 is 14.0 Å². The molecule has 3 aliphatic heterocycles. The highest BCUT2D eigenvalue weighted by Gasteiger charge is 2.59. The summed E-state index contributed by atoms with van der Waals surface area (Å²) in [5.74, 6) is 3.19. The molecule has 3 saturated heterocycles. The molecule has 4 heteroatoms. The summed E-state index contributed by atoms with van der Waals surface area (Å²) in [6.45, 7) is 7.40. The van der Waals surface area contributed by atoms with E-state index in [0.29, 0.717) is 29.6 Å². The second-order valence-electron chi connectivity index (χ2n) is 16.8. The topological polar surface area (TPSA) is 39.2 Å². The third kappa shape index (κ3) is 4.73. The van der Waals surface area contributed by atoms with E-state index in [1.165, 1.54) is 52.8 Å². The van der Waals surface area contributed by atoms with Gasteiger partial charge in [-0.2, -0.15) is 0 Å². The van der Waals surface area contributed by atoms with Gasteiger partial charge in [-0.3, -0.25) is 9.78 Å². The molecule has 12 rings (SSSR count). The zero-order valence-corrected chi connectivity index (χ0v) is 28.5. The molecule has 0 radical (unpaired) electrons. The molecule has 4 aromatic carbocycles. The van der Waals surface area contributed by atoms with E-state index in [0.717, 1.165) is 66.3 Å². The zero-order chi connectivity index (χ0) is 32.7. The van der Waals surface area contributed by atoms with Crippen LogP contribution in [0, 0.1) is 35.0 Å². The third-order valence-corrected chi connectivity index (χ3v) is 14.1. The number of hydrogen-bond donors (Lipinski definition) is 0. The van der Waals surface area contributed by atoms with Crippen molar-refractivity contribution in [3.05, 3.63) is 115 Å². The van der Waals surface area contributed by atoms with Crippen LogP contribution in [0.4, 0.5) is 0 Å². The van der Waals surface area contributed by atoms with Crippen molar-refractivity contribution in [3.63, 3.8) is 0 Å². The third-order valence-electron chi connectivity index (χ3n) is 14.1. The molecular formula is C45H47N2O2+. The number of hydrogen-bond acceptors (Lipinski definition) is 3. The van der Waals surface area contributed by atoms with Crippen LogP contribution in [0.2, 0.25) is 0 Å². The van der Waals surface area contributed by atoms with Crippen LogP contribution < -0.4 is 0 Å². The maximum absolute atomic E-state index is 14.9. The summed E-state index contributed by atoms with van der Waals surface area (Å²) in [6.07, 6.45) is 13.1. The number of fused-ring (bicyclic) bond motifs is 6. The average molecular weight is 648 g/mol. The second kappa shape index (κ2) is 11.3. The van der Waals surface area contributed by atoms with E-state index in [-0.39, 0.29) is 23.5 Å². The van der Waals surface area contributed by atoms with Crippen molar-refractivity contribution in [2.24, 2.45) is 35.0 Å². The maximum Gasteiger partial charge on any atom is 0.312 e. The Hall–Kier alpha value is -4.02. The number of piperidine rings is 3. The van der Waals surface area contributed by atoms with Crippen LogP contribution in [0.3, 0.4) is 0 Å². The number of ether oxygens (including phenoxy) is 1. The summed E-state index contributed by atoms with van der Waals surface area (Å²) >= 11 is 0. The van der Waals surface area contributed by atoms with Crippen LogP contribution in [0.15, 0.2) is 104 Å². The summed E-state index contributed by atoms with van der Waals surface area (Å²) in [7, 11) is 0. The van der Waals surface area contributed by atoms with Gasteiger partial charge in [0.1, 0.15) is 12.6 Å². The first-order valence-electron chi connectivity index (χ1n) is 18.9. The molecule has 5 atom stereocenters. The predicted molar refractivity (Wildman–Crippen MR) is 197 cm³/mol. The van der Waals surface area contributed by atoms with E-state index >= 15 is 0 Å². The molecule has 4 aliphatic carbocycles. The van der Waals surface area contributed by atoms with Crippen LogP contribution in [0.5, 0.6) is 0 Å². The molecule has 0 amide bonds. The average Bonchev–Trinajstić information content (AvgIpc) is 3.13. The van der Waals surface area contributed by atoms with Crippen LogP contribution in [0.25, 0.3) is 32.4 Å². The fourth-order valence-corrected chi connectivity index (χ4v) is 12.3. The lowest BCUT2D eigenvalue weighted by atomic mass is 9.49. The Morgan fingerprint density at radius 3 is 2.16 bits per heavy atom. The lowest BCUT2D eigenvalue weighted by Crippen LogP contribution is -2.68. The van der Waals surface area contributed by atoms with Gasteiger partial charge < -0.3 is 9.22 Å². The van der Waals surface area contributed by atoms with Gasteiger partial charge in [-0.15, -0.1) is 6.58 Å². The summed E-state index contributed by atoms with van der Waals surface area (Å²) in [6, 6.07) is 31.0. The summed E-state index contributed by atoms with van der Waals surface area (Å²) in [5, 5.41) is 6.38. The van der Waals surface area contributed by atoms with Gasteiger partial charge in [0, 0.05) is 41.5 Å². The minimum Gasteiger partial charge on any atom is -0.451 e. The standard InChI is InChI=1S/C45H47N2O2/c1-2-32-27-47(28-40-36-11-5-3-9-34(36)22-35-10-4-6-12-37(35)40)18-16-33(32)23-42(47)43(39-15-17-46-41-14-8-7-13-38(39)41)49-44(48)45-24-29-19-30(25-45)21-31(20-29)26-45/h2-15,17,22,29-33,42-43H,1,16,18-21,23-28H2/q+1/t29?,30?,31?,32-,33-,42+,43-,45?,47-/m0/s1. The van der Waals surface area contributed by atoms with Crippen molar-refractivity contribution in [2.75, 3.05) is 13.1 Å². The number of rotatable bonds is 7. The van der Waals surface area contributed by atoms with Gasteiger partial charge in [0.25, 0.3) is 0 Å². The monoisotopic (exact) mass is 647 g/mol. The molecule has 4 saturated carbocycles. The summed E-state index contributed by atoms with van der Waals surface area (Å²) < 4.78 is 8.14. The molecule has 5 aromatic rings. The van der Waals surface area contributed by atoms with Gasteiger partial charge in [-0.25, -0.2) is 0 Å². The largest absolute Gasteiger partial charge is 0.451 e. The van der Waals surface area contributed by atoms with E-state index in [1.807, 2.05) is 6.20 Å². The van der Waals surface area contributed by atoms with Gasteiger partial charge in [0.2, 0.25) is 0 Å². The van der Waals surface area contributed by atoms with Crippen LogP contribution in [0.1, 0.15) is 68.6 Å². The summed E-state index contributed by atoms with van der Waals surface area (Å²) in [5.41, 5.74) is 3.23. The van der Waals surface area contributed by atoms with E-state index in [2.05, 4.69) is 97.6 Å². The van der Waals surface area contributed by atoms with Crippen molar-refractivity contribution in [1.82, 2.24) is 4.98 Å². The normalized spacial score (nSPS) is 33.6. The molecule has 248 valence electrons. The number of pyridine rings is 1. The van der Waals surface area contributed by atoms with Crippen LogP contribution in [-0.4, -0.2) is 34.6 Å². The van der Waals surface area contributed by atoms with E-state index < -0.39 is 0 Å². The van der Waals surface area contributed by atoms with E-state index in [9.17, 15) is 4.79 Å². The molecule has 1 aromatic heterocycles. The van der Waals surface area contributed by atoms with Crippen LogP contribution >= 0.6 is 0 Å². The van der Waals surface area contributed by atoms with Crippen molar-refractivity contribution in [3.8, 4) is 0 Å². The number of benzene rings is 4. The molecule has 6 bridgehead atoms. The van der Waals surface area contributed by atoms with Crippen molar-refractivity contribution >= 4 is 38.4 Å². The smallest absolute Gasteiger partial charge is 0.312 e. The Morgan fingerprint density at radius 2 is 1.49 bits per heavy atom. The number of carbonyl (C=O) groups excluding carboxylic acids is 1. The van der Waals surface area contributed by atoms with Gasteiger partial charge in [-0.1, -0.05) is 72.8 Å². The number of aromatic nitrogens is 1. The first-order chi connectivity index (χ1) is 24.0. The second-order valence-corrected chi connectivity index (χ2v) is 16.8. The molecule has 0 unspecified atom stereocenters. The van der Waals surface area contributed by atoms with E-state index in [1.54, 1.807) is 0 Å². The SMILES string of the molecule is C=C[C@H]1C[N@+]2(Cc3c4ccccc4cc4ccccc34)CC[C@H]1C[C@@H]2[C@@H](OC(=O)C12CC3CC(CC(C3)C1)C2)c1ccnc2ccccc12. The number of quaternary nitrogens is 1. The Labute approximate surface area is 289 Å². The Morgan fingerprint density at radius 1 is 0.857 bits per heavy atom. The molecule has 7 fully saturated rings. The Balaban J connectivity index is 1.13. The summed E-state index contributed by atoms with van der Waals surface area (Å²) in [4.78, 5) is 19.7. The van der Waals surface area contributed by atoms with Crippen LogP contribution in [-0.2, 0) is 16.1 Å². The molecular weight excluding hydrogens is 601 g/mol. The fraction of sp³-hybridized carbons (Fsp3) is 0.422. The Kier molecular flexibility index (Phi) is 6.86. The first kappa shape index (κ1) is 29.9. The molecule has 4 nitrogen and oxygen atoms in total. The van der Waals surface area contributed by atoms with Gasteiger partial charge in [0.15, 0.2) is 6.10 Å². The lowest BCUT2D eigenvalue weighted by Gasteiger charge is -2.59. The number of para-hydroxylation sites is 1. The van der Waals surface area contributed by atoms with Crippen molar-refractivity contribution in [1.29, 1.82) is 0 Å². The highest BCUT2D eigenvalue weighted by Crippen LogP contribution is 2.61. The zero-order valence-electron chi connectivity index (χ0n) is 28.5. The number of carbonyl (C=O) groups is 1. The Bertz CT molecular complexity index is 2020. The van der Waals surface area contributed by atoms with E-state index in [4.69, 9.17) is 9.72 Å². The number of esters is 1. The van der Waals surface area contributed by atoms with Gasteiger partial charge in [-0.05, 0) is 102 Å². The fourth-order valence-electron chi connectivity index (χ4n) is 12.3. The maximum atomic E-state index is 14.9. The minimum atomic E-state index is -0.330. The highest BCUT2D eigenvalue weighted by molar-refractivity contribution is 6.02. The molecule has 7 aliphatic rings. The number of nitrogens with zero attached hydrogens (tertiary/aromatic N) is 2. The first-order valence-corrected chi connectivity index (χ1v) is 18.9. The van der Waals surface area contributed by atoms with Gasteiger partial charge >= 0.3 is 5.97 Å². The highest BCUT2D eigenvalue weighted by atomic mass is 16.5. The lowest BCUT2D eigenvalue weighted by molar-refractivity contribution is -0.984. The molecule has 0 N–H and O–H groups in total. The molecule has 4 heterocycles. The molecule has 49 heavy (non-hydrogen) atoms.